The Bertz CT molecular complexity index is 553. The lowest BCUT2D eigenvalue weighted by Gasteiger charge is -2.33. The summed E-state index contributed by atoms with van der Waals surface area (Å²) in [5.41, 5.74) is 1.06. The molecular weight excluding hydrogens is 338 g/mol. The van der Waals surface area contributed by atoms with Crippen LogP contribution >= 0.6 is 0 Å². The van der Waals surface area contributed by atoms with Crippen molar-refractivity contribution in [1.82, 2.24) is 20.7 Å². The molecule has 1 saturated heterocycles. The Morgan fingerprint density at radius 2 is 2.11 bits per heavy atom. The van der Waals surface area contributed by atoms with Gasteiger partial charge in [0.15, 0.2) is 11.7 Å². The van der Waals surface area contributed by atoms with E-state index in [-0.39, 0.29) is 0 Å². The quantitative estimate of drug-likeness (QED) is 0.368. The zero-order chi connectivity index (χ0) is 19.5. The standard InChI is InChI=1S/C21H39N5O/c1-5-18(6-2)20-15-19(27-25-20)16-24-21(22-4)23-12-8-10-14-26-13-9-7-11-17(26)3/h15,17-18H,5-14,16H2,1-4H3,(H2,22,23,24). The first-order chi connectivity index (χ1) is 13.2. The van der Waals surface area contributed by atoms with E-state index in [0.717, 1.165) is 49.3 Å². The maximum atomic E-state index is 5.46. The van der Waals surface area contributed by atoms with Crippen molar-refractivity contribution < 1.29 is 4.52 Å². The van der Waals surface area contributed by atoms with Crippen molar-refractivity contribution in [3.8, 4) is 0 Å². The molecule has 6 heteroatoms. The summed E-state index contributed by atoms with van der Waals surface area (Å²) in [5, 5.41) is 10.9. The van der Waals surface area contributed by atoms with E-state index in [0.29, 0.717) is 12.5 Å². The van der Waals surface area contributed by atoms with Gasteiger partial charge in [0.2, 0.25) is 0 Å². The maximum Gasteiger partial charge on any atom is 0.191 e. The van der Waals surface area contributed by atoms with Crippen molar-refractivity contribution in [2.45, 2.75) is 84.2 Å². The Balaban J connectivity index is 1.63. The smallest absolute Gasteiger partial charge is 0.191 e. The summed E-state index contributed by atoms with van der Waals surface area (Å²) in [6, 6.07) is 2.82. The third kappa shape index (κ3) is 7.17. The topological polar surface area (TPSA) is 65.7 Å². The Morgan fingerprint density at radius 1 is 1.30 bits per heavy atom. The second-order valence-electron chi connectivity index (χ2n) is 7.67. The van der Waals surface area contributed by atoms with Gasteiger partial charge in [-0.15, -0.1) is 0 Å². The third-order valence-corrected chi connectivity index (χ3v) is 5.74. The fourth-order valence-electron chi connectivity index (χ4n) is 3.84. The number of rotatable bonds is 10. The summed E-state index contributed by atoms with van der Waals surface area (Å²) in [6.07, 6.45) is 8.69. The number of nitrogens with one attached hydrogen (secondary N) is 2. The van der Waals surface area contributed by atoms with Gasteiger partial charge in [-0.1, -0.05) is 25.4 Å². The van der Waals surface area contributed by atoms with Crippen LogP contribution in [-0.4, -0.2) is 48.7 Å². The first kappa shape index (κ1) is 21.7. The molecule has 0 bridgehead atoms. The van der Waals surface area contributed by atoms with Crippen LogP contribution in [0.2, 0.25) is 0 Å². The summed E-state index contributed by atoms with van der Waals surface area (Å²) in [7, 11) is 1.81. The first-order valence-corrected chi connectivity index (χ1v) is 10.8. The van der Waals surface area contributed by atoms with Gasteiger partial charge in [0.1, 0.15) is 0 Å². The van der Waals surface area contributed by atoms with E-state index in [1.807, 2.05) is 0 Å². The molecule has 1 fully saturated rings. The van der Waals surface area contributed by atoms with Crippen LogP contribution in [0, 0.1) is 0 Å². The predicted molar refractivity (Wildman–Crippen MR) is 112 cm³/mol. The highest BCUT2D eigenvalue weighted by molar-refractivity contribution is 5.79. The van der Waals surface area contributed by atoms with Crippen LogP contribution in [0.15, 0.2) is 15.6 Å². The van der Waals surface area contributed by atoms with Gasteiger partial charge in [0, 0.05) is 31.6 Å². The van der Waals surface area contributed by atoms with E-state index in [9.17, 15) is 0 Å². The molecule has 1 unspecified atom stereocenters. The summed E-state index contributed by atoms with van der Waals surface area (Å²) < 4.78 is 5.46. The van der Waals surface area contributed by atoms with E-state index in [2.05, 4.69) is 52.5 Å². The van der Waals surface area contributed by atoms with Gasteiger partial charge in [-0.3, -0.25) is 4.99 Å². The Kier molecular flexibility index (Phi) is 9.67. The molecule has 1 aliphatic rings. The van der Waals surface area contributed by atoms with Gasteiger partial charge >= 0.3 is 0 Å². The second kappa shape index (κ2) is 12.0. The summed E-state index contributed by atoms with van der Waals surface area (Å²) in [6.45, 7) is 10.8. The number of aromatic nitrogens is 1. The molecule has 0 saturated carbocycles. The molecule has 1 aliphatic heterocycles. The predicted octanol–water partition coefficient (Wildman–Crippen LogP) is 3.90. The number of piperidine rings is 1. The Hall–Kier alpha value is -1.56. The lowest BCUT2D eigenvalue weighted by molar-refractivity contribution is 0.158. The highest BCUT2D eigenvalue weighted by atomic mass is 16.5. The van der Waals surface area contributed by atoms with Gasteiger partial charge in [0.05, 0.1) is 12.2 Å². The number of hydrogen-bond donors (Lipinski definition) is 2. The van der Waals surface area contributed by atoms with Gasteiger partial charge in [0.25, 0.3) is 0 Å². The molecule has 0 amide bonds. The van der Waals surface area contributed by atoms with Crippen molar-refractivity contribution in [1.29, 1.82) is 0 Å². The number of unbranched alkanes of at least 4 members (excludes halogenated alkanes) is 1. The molecule has 154 valence electrons. The molecule has 2 heterocycles. The van der Waals surface area contributed by atoms with Crippen molar-refractivity contribution in [2.24, 2.45) is 4.99 Å². The molecule has 1 atom stereocenters. The van der Waals surface area contributed by atoms with Crippen LogP contribution in [0.5, 0.6) is 0 Å². The molecule has 6 nitrogen and oxygen atoms in total. The highest BCUT2D eigenvalue weighted by Crippen LogP contribution is 2.22. The minimum absolute atomic E-state index is 0.488. The molecule has 2 N–H and O–H groups in total. The van der Waals surface area contributed by atoms with Gasteiger partial charge < -0.3 is 20.1 Å². The van der Waals surface area contributed by atoms with E-state index >= 15 is 0 Å². The monoisotopic (exact) mass is 377 g/mol. The number of likely N-dealkylation sites (tertiary alicyclic amines) is 1. The van der Waals surface area contributed by atoms with Crippen LogP contribution in [0.4, 0.5) is 0 Å². The van der Waals surface area contributed by atoms with Crippen LogP contribution in [0.3, 0.4) is 0 Å². The van der Waals surface area contributed by atoms with E-state index < -0.39 is 0 Å². The molecule has 0 radical (unpaired) electrons. The van der Waals surface area contributed by atoms with E-state index in [1.54, 1.807) is 7.05 Å². The molecular formula is C21H39N5O. The molecule has 1 aromatic rings. The number of nitrogens with zero attached hydrogens (tertiary/aromatic N) is 3. The van der Waals surface area contributed by atoms with Gasteiger partial charge in [-0.05, 0) is 58.5 Å². The number of aliphatic imine (C=N–C) groups is 1. The van der Waals surface area contributed by atoms with Gasteiger partial charge in [-0.25, -0.2) is 0 Å². The van der Waals surface area contributed by atoms with Crippen LogP contribution in [-0.2, 0) is 6.54 Å². The Morgan fingerprint density at radius 3 is 2.81 bits per heavy atom. The zero-order valence-electron chi connectivity index (χ0n) is 17.8. The van der Waals surface area contributed by atoms with Crippen LogP contribution in [0.1, 0.15) is 83.1 Å². The fraction of sp³-hybridized carbons (Fsp3) is 0.810. The molecule has 2 rings (SSSR count). The minimum Gasteiger partial charge on any atom is -0.359 e. The van der Waals surface area contributed by atoms with Crippen LogP contribution < -0.4 is 10.6 Å². The summed E-state index contributed by atoms with van der Waals surface area (Å²) in [5.74, 6) is 2.17. The van der Waals surface area contributed by atoms with Crippen molar-refractivity contribution in [3.05, 3.63) is 17.5 Å². The summed E-state index contributed by atoms with van der Waals surface area (Å²) >= 11 is 0. The maximum absolute atomic E-state index is 5.46. The second-order valence-corrected chi connectivity index (χ2v) is 7.67. The van der Waals surface area contributed by atoms with Crippen molar-refractivity contribution >= 4 is 5.96 Å². The molecule has 0 spiro atoms. The largest absolute Gasteiger partial charge is 0.359 e. The number of hydrogen-bond acceptors (Lipinski definition) is 4. The minimum atomic E-state index is 0.488. The Labute approximate surface area is 165 Å². The lowest BCUT2D eigenvalue weighted by atomic mass is 9.99. The average Bonchev–Trinajstić information content (AvgIpc) is 3.15. The molecule has 1 aromatic heterocycles. The molecule has 0 aliphatic carbocycles. The van der Waals surface area contributed by atoms with Gasteiger partial charge in [-0.2, -0.15) is 0 Å². The normalized spacial score (nSPS) is 18.9. The molecule has 27 heavy (non-hydrogen) atoms. The van der Waals surface area contributed by atoms with Crippen molar-refractivity contribution in [3.63, 3.8) is 0 Å². The SMILES string of the molecule is CCC(CC)c1cc(CNC(=NC)NCCCCN2CCCCC2C)on1. The van der Waals surface area contributed by atoms with Crippen LogP contribution in [0.25, 0.3) is 0 Å². The fourth-order valence-corrected chi connectivity index (χ4v) is 3.84. The van der Waals surface area contributed by atoms with Crippen molar-refractivity contribution in [2.75, 3.05) is 26.7 Å². The number of guanidine groups is 1. The first-order valence-electron chi connectivity index (χ1n) is 10.8. The average molecular weight is 378 g/mol. The highest BCUT2D eigenvalue weighted by Gasteiger charge is 2.17. The van der Waals surface area contributed by atoms with E-state index in [4.69, 9.17) is 4.52 Å². The lowest BCUT2D eigenvalue weighted by Crippen LogP contribution is -2.39. The molecule has 0 aromatic carbocycles. The third-order valence-electron chi connectivity index (χ3n) is 5.74. The van der Waals surface area contributed by atoms with E-state index in [1.165, 1.54) is 38.8 Å². The zero-order valence-corrected chi connectivity index (χ0v) is 17.8. The summed E-state index contributed by atoms with van der Waals surface area (Å²) in [4.78, 5) is 6.94.